The Labute approximate surface area is 87.0 Å². The lowest BCUT2D eigenvalue weighted by Crippen LogP contribution is -2.32. The molecule has 0 aromatic heterocycles. The summed E-state index contributed by atoms with van der Waals surface area (Å²) in [6, 6.07) is 0. The quantitative estimate of drug-likeness (QED) is 0.750. The van der Waals surface area contributed by atoms with E-state index in [1.54, 1.807) is 13.8 Å². The fourth-order valence-electron chi connectivity index (χ4n) is 0.750. The number of sulfone groups is 1. The summed E-state index contributed by atoms with van der Waals surface area (Å²) in [6.07, 6.45) is 0. The van der Waals surface area contributed by atoms with Gasteiger partial charge in [-0.25, -0.2) is 8.42 Å². The van der Waals surface area contributed by atoms with E-state index in [-0.39, 0.29) is 5.88 Å². The highest BCUT2D eigenvalue weighted by molar-refractivity contribution is 8.23. The van der Waals surface area contributed by atoms with Gasteiger partial charge in [0.15, 0.2) is 14.5 Å². The summed E-state index contributed by atoms with van der Waals surface area (Å²) < 4.78 is 22.5. The highest BCUT2D eigenvalue weighted by atomic mass is 35.5. The Hall–Kier alpha value is 0.0600. The van der Waals surface area contributed by atoms with Crippen LogP contribution in [0, 0.1) is 0 Å². The number of hydrogen-bond donors (Lipinski definition) is 1. The molecule has 1 unspecified atom stereocenters. The van der Waals surface area contributed by atoms with E-state index in [1.807, 2.05) is 0 Å². The minimum absolute atomic E-state index is 0.252. The highest BCUT2D eigenvalue weighted by Crippen LogP contribution is 2.25. The summed E-state index contributed by atoms with van der Waals surface area (Å²) in [5, 5.41) is 4.02. The first-order valence-electron chi connectivity index (χ1n) is 3.76. The summed E-state index contributed by atoms with van der Waals surface area (Å²) in [5.41, 5.74) is 2.56. The predicted octanol–water partition coefficient (Wildman–Crippen LogP) is 0.982. The summed E-state index contributed by atoms with van der Waals surface area (Å²) in [5.74, 6) is 0.252. The van der Waals surface area contributed by atoms with Crippen LogP contribution in [-0.4, -0.2) is 29.3 Å². The van der Waals surface area contributed by atoms with E-state index in [9.17, 15) is 8.42 Å². The molecule has 13 heavy (non-hydrogen) atoms. The molecule has 0 saturated heterocycles. The van der Waals surface area contributed by atoms with Crippen LogP contribution < -0.4 is 5.43 Å². The normalized spacial score (nSPS) is 23.1. The van der Waals surface area contributed by atoms with Gasteiger partial charge in [0, 0.05) is 0 Å². The maximum atomic E-state index is 11.6. The molecule has 76 valence electrons. The maximum absolute atomic E-state index is 11.6. The average Bonchev–Trinajstić information content (AvgIpc) is 2.51. The Bertz CT molecular complexity index is 313. The largest absolute Gasteiger partial charge is 0.281 e. The third-order valence-corrected chi connectivity index (χ3v) is 5.96. The molecule has 4 nitrogen and oxygen atoms in total. The number of nitrogens with zero attached hydrogens (tertiary/aromatic N) is 1. The molecule has 0 aromatic rings. The van der Waals surface area contributed by atoms with Crippen LogP contribution in [0.2, 0.25) is 0 Å². The van der Waals surface area contributed by atoms with E-state index in [2.05, 4.69) is 10.5 Å². The summed E-state index contributed by atoms with van der Waals surface area (Å²) in [4.78, 5) is 0. The molecule has 1 heterocycles. The van der Waals surface area contributed by atoms with Gasteiger partial charge in [0.1, 0.15) is 5.04 Å². The van der Waals surface area contributed by atoms with Crippen molar-refractivity contribution in [1.82, 2.24) is 5.43 Å². The van der Waals surface area contributed by atoms with Crippen molar-refractivity contribution in [3.05, 3.63) is 0 Å². The zero-order valence-electron chi connectivity index (χ0n) is 7.32. The van der Waals surface area contributed by atoms with Crippen molar-refractivity contribution in [3.63, 3.8) is 0 Å². The van der Waals surface area contributed by atoms with Crippen molar-refractivity contribution >= 4 is 38.2 Å². The van der Waals surface area contributed by atoms with Crippen molar-refractivity contribution in [2.24, 2.45) is 5.10 Å². The van der Waals surface area contributed by atoms with Gasteiger partial charge in [-0.2, -0.15) is 5.10 Å². The monoisotopic (exact) mass is 242 g/mol. The number of rotatable bonds is 3. The van der Waals surface area contributed by atoms with E-state index in [0.29, 0.717) is 5.04 Å². The lowest BCUT2D eigenvalue weighted by molar-refractivity contribution is 0.576. The molecule has 1 rings (SSSR count). The van der Waals surface area contributed by atoms with Crippen LogP contribution in [0.1, 0.15) is 13.8 Å². The van der Waals surface area contributed by atoms with Gasteiger partial charge in [-0.3, -0.25) is 5.43 Å². The Morgan fingerprint density at radius 1 is 1.69 bits per heavy atom. The zero-order chi connectivity index (χ0) is 10.1. The fraction of sp³-hybridized carbons (Fsp3) is 0.833. The van der Waals surface area contributed by atoms with Gasteiger partial charge in [0.2, 0.25) is 0 Å². The van der Waals surface area contributed by atoms with E-state index >= 15 is 0 Å². The van der Waals surface area contributed by atoms with Crippen LogP contribution >= 0.6 is 23.4 Å². The zero-order valence-corrected chi connectivity index (χ0v) is 9.71. The molecule has 0 bridgehead atoms. The van der Waals surface area contributed by atoms with Crippen molar-refractivity contribution in [1.29, 1.82) is 0 Å². The van der Waals surface area contributed by atoms with Crippen LogP contribution in [0.3, 0.4) is 0 Å². The molecule has 7 heteroatoms. The van der Waals surface area contributed by atoms with E-state index in [4.69, 9.17) is 11.6 Å². The number of alkyl halides is 1. The maximum Gasteiger partial charge on any atom is 0.196 e. The van der Waals surface area contributed by atoms with E-state index in [0.717, 1.165) is 11.8 Å². The second-order valence-corrected chi connectivity index (χ2v) is 7.19. The van der Waals surface area contributed by atoms with Gasteiger partial charge in [0.05, 0.1) is 11.1 Å². The van der Waals surface area contributed by atoms with Gasteiger partial charge in [0.25, 0.3) is 0 Å². The SMILES string of the molecule is CC(C)S(=O)(=O)C1NN=C(CCl)S1. The number of hydrazone groups is 1. The number of halogens is 1. The second-order valence-electron chi connectivity index (χ2n) is 2.86. The van der Waals surface area contributed by atoms with Crippen molar-refractivity contribution in [3.8, 4) is 0 Å². The molecule has 1 aliphatic heterocycles. The molecule has 1 N–H and O–H groups in total. The molecule has 0 aromatic carbocycles. The standard InChI is InChI=1S/C6H11ClN2O2S2/c1-4(2)13(10,11)6-9-8-5(3-7)12-6/h4,6,9H,3H2,1-2H3. The summed E-state index contributed by atoms with van der Waals surface area (Å²) >= 11 is 6.68. The molecule has 0 spiro atoms. The first-order chi connectivity index (χ1) is 5.98. The second kappa shape index (κ2) is 4.06. The van der Waals surface area contributed by atoms with Crippen LogP contribution in [0.5, 0.6) is 0 Å². The minimum Gasteiger partial charge on any atom is -0.281 e. The lowest BCUT2D eigenvalue weighted by atomic mass is 10.6. The number of nitrogens with one attached hydrogen (secondary N) is 1. The molecule has 0 amide bonds. The summed E-state index contributed by atoms with van der Waals surface area (Å²) in [7, 11) is -3.14. The Balaban J connectivity index is 2.70. The smallest absolute Gasteiger partial charge is 0.196 e. The molecule has 1 atom stereocenters. The van der Waals surface area contributed by atoms with Crippen LogP contribution in [0.15, 0.2) is 5.10 Å². The lowest BCUT2D eigenvalue weighted by Gasteiger charge is -2.13. The fourth-order valence-corrected chi connectivity index (χ4v) is 3.75. The molecule has 0 fully saturated rings. The highest BCUT2D eigenvalue weighted by Gasteiger charge is 2.33. The van der Waals surface area contributed by atoms with Gasteiger partial charge < -0.3 is 0 Å². The Kier molecular flexibility index (Phi) is 3.48. The molecular weight excluding hydrogens is 232 g/mol. The molecule has 1 aliphatic rings. The first kappa shape index (κ1) is 11.1. The topological polar surface area (TPSA) is 58.5 Å². The third-order valence-electron chi connectivity index (χ3n) is 1.61. The Morgan fingerprint density at radius 3 is 2.69 bits per heavy atom. The average molecular weight is 243 g/mol. The molecule has 0 radical (unpaired) electrons. The first-order valence-corrected chi connectivity index (χ1v) is 6.78. The van der Waals surface area contributed by atoms with Crippen molar-refractivity contribution in [2.45, 2.75) is 23.8 Å². The number of thioether (sulfide) groups is 1. The van der Waals surface area contributed by atoms with Crippen LogP contribution in [0.25, 0.3) is 0 Å². The third kappa shape index (κ3) is 2.30. The van der Waals surface area contributed by atoms with E-state index in [1.165, 1.54) is 0 Å². The minimum atomic E-state index is -3.14. The van der Waals surface area contributed by atoms with Gasteiger partial charge in [-0.1, -0.05) is 11.8 Å². The van der Waals surface area contributed by atoms with E-state index < -0.39 is 19.8 Å². The van der Waals surface area contributed by atoms with Gasteiger partial charge >= 0.3 is 0 Å². The van der Waals surface area contributed by atoms with Gasteiger partial charge in [-0.15, -0.1) is 11.6 Å². The summed E-state index contributed by atoms with van der Waals surface area (Å²) in [6.45, 7) is 3.30. The van der Waals surface area contributed by atoms with Gasteiger partial charge in [-0.05, 0) is 13.8 Å². The Morgan fingerprint density at radius 2 is 2.31 bits per heavy atom. The van der Waals surface area contributed by atoms with Crippen molar-refractivity contribution < 1.29 is 8.42 Å². The van der Waals surface area contributed by atoms with Crippen LogP contribution in [0.4, 0.5) is 0 Å². The predicted molar refractivity (Wildman–Crippen MR) is 56.7 cm³/mol. The number of hydrogen-bond acceptors (Lipinski definition) is 5. The molecule has 0 saturated carbocycles. The van der Waals surface area contributed by atoms with Crippen molar-refractivity contribution in [2.75, 3.05) is 5.88 Å². The molecule has 0 aliphatic carbocycles. The van der Waals surface area contributed by atoms with Crippen LogP contribution in [-0.2, 0) is 9.84 Å². The molecular formula is C6H11ClN2O2S2.